The maximum absolute atomic E-state index is 13.8. The van der Waals surface area contributed by atoms with E-state index in [0.29, 0.717) is 11.3 Å². The van der Waals surface area contributed by atoms with Gasteiger partial charge in [0.1, 0.15) is 0 Å². The van der Waals surface area contributed by atoms with Crippen LogP contribution in [0, 0.1) is 0 Å². The van der Waals surface area contributed by atoms with Crippen molar-refractivity contribution in [3.63, 3.8) is 0 Å². The highest BCUT2D eigenvalue weighted by atomic mass is 19.3. The highest BCUT2D eigenvalue weighted by molar-refractivity contribution is 5.92. The normalized spacial score (nSPS) is 11.2. The predicted octanol–water partition coefficient (Wildman–Crippen LogP) is 6.49. The summed E-state index contributed by atoms with van der Waals surface area (Å²) in [6, 6.07) is 23.1. The van der Waals surface area contributed by atoms with Gasteiger partial charge in [-0.05, 0) is 17.7 Å². The molecule has 0 spiro atoms. The number of halogens is 2. The van der Waals surface area contributed by atoms with Gasteiger partial charge in [0.2, 0.25) is 5.91 Å². The number of rotatable bonds is 7. The highest BCUT2D eigenvalue weighted by Crippen LogP contribution is 2.31. The summed E-state index contributed by atoms with van der Waals surface area (Å²) in [6.45, 7) is 1.44. The summed E-state index contributed by atoms with van der Waals surface area (Å²) in [7, 11) is 0. The zero-order valence-corrected chi connectivity index (χ0v) is 18.1. The van der Waals surface area contributed by atoms with Gasteiger partial charge in [0, 0.05) is 41.2 Å². The van der Waals surface area contributed by atoms with E-state index in [1.54, 1.807) is 24.5 Å². The fraction of sp³-hybridized carbons (Fsp3) is 0.148. The van der Waals surface area contributed by atoms with Crippen LogP contribution in [-0.4, -0.2) is 15.9 Å². The number of carbonyl (C=O) groups is 1. The minimum Gasteiger partial charge on any atom is -0.326 e. The first-order valence-corrected chi connectivity index (χ1v) is 10.7. The molecule has 0 aliphatic rings. The first-order chi connectivity index (χ1) is 16.0. The number of anilines is 1. The second-order valence-corrected chi connectivity index (χ2v) is 7.68. The monoisotopic (exact) mass is 443 g/mol. The number of hydrogen-bond acceptors (Lipinski definition) is 3. The average molecular weight is 443 g/mol. The Labute approximate surface area is 191 Å². The molecule has 166 valence electrons. The Morgan fingerprint density at radius 2 is 1.39 bits per heavy atom. The summed E-state index contributed by atoms with van der Waals surface area (Å²) >= 11 is 0. The van der Waals surface area contributed by atoms with Crippen LogP contribution in [0.25, 0.3) is 22.5 Å². The first-order valence-electron chi connectivity index (χ1n) is 10.7. The molecule has 1 aromatic heterocycles. The third-order valence-corrected chi connectivity index (χ3v) is 5.37. The average Bonchev–Trinajstić information content (AvgIpc) is 2.85. The smallest absolute Gasteiger partial charge is 0.273 e. The van der Waals surface area contributed by atoms with Crippen LogP contribution >= 0.6 is 0 Å². The van der Waals surface area contributed by atoms with Gasteiger partial charge in [-0.1, -0.05) is 73.7 Å². The Morgan fingerprint density at radius 3 is 1.97 bits per heavy atom. The van der Waals surface area contributed by atoms with Crippen molar-refractivity contribution >= 4 is 11.6 Å². The third-order valence-electron chi connectivity index (χ3n) is 5.37. The van der Waals surface area contributed by atoms with Crippen molar-refractivity contribution in [2.45, 2.75) is 25.7 Å². The summed E-state index contributed by atoms with van der Waals surface area (Å²) in [5, 5.41) is 2.85. The van der Waals surface area contributed by atoms with Crippen LogP contribution in [0.15, 0.2) is 91.3 Å². The van der Waals surface area contributed by atoms with Gasteiger partial charge in [-0.25, -0.2) is 8.78 Å². The SMILES string of the molecule is CCC(F)(F)c1ccc(CC(=O)Nc2ccc(-c3nccnc3-c3ccccc3)cc2)cc1. The fourth-order valence-electron chi connectivity index (χ4n) is 3.53. The zero-order valence-electron chi connectivity index (χ0n) is 18.1. The first kappa shape index (κ1) is 22.3. The van der Waals surface area contributed by atoms with E-state index in [-0.39, 0.29) is 24.3 Å². The largest absolute Gasteiger partial charge is 0.326 e. The molecule has 3 aromatic carbocycles. The summed E-state index contributed by atoms with van der Waals surface area (Å²) in [5.74, 6) is -3.08. The number of hydrogen-bond donors (Lipinski definition) is 1. The third kappa shape index (κ3) is 5.29. The van der Waals surface area contributed by atoms with E-state index in [1.165, 1.54) is 19.1 Å². The van der Waals surface area contributed by atoms with Gasteiger partial charge in [-0.3, -0.25) is 14.8 Å². The lowest BCUT2D eigenvalue weighted by atomic mass is 10.0. The van der Waals surface area contributed by atoms with Gasteiger partial charge in [0.15, 0.2) is 0 Å². The second kappa shape index (κ2) is 9.69. The number of nitrogens with zero attached hydrogens (tertiary/aromatic N) is 2. The van der Waals surface area contributed by atoms with E-state index in [2.05, 4.69) is 15.3 Å². The van der Waals surface area contributed by atoms with Crippen LogP contribution in [0.5, 0.6) is 0 Å². The number of aromatic nitrogens is 2. The molecule has 0 atom stereocenters. The Balaban J connectivity index is 1.44. The lowest BCUT2D eigenvalue weighted by molar-refractivity contribution is -0.115. The zero-order chi connectivity index (χ0) is 23.3. The van der Waals surface area contributed by atoms with E-state index in [9.17, 15) is 13.6 Å². The Kier molecular flexibility index (Phi) is 6.54. The van der Waals surface area contributed by atoms with Crippen molar-refractivity contribution in [1.29, 1.82) is 0 Å². The number of amides is 1. The molecule has 0 saturated heterocycles. The molecular formula is C27H23F2N3O. The van der Waals surface area contributed by atoms with Crippen LogP contribution in [-0.2, 0) is 17.1 Å². The standard InChI is InChI=1S/C27H23F2N3O/c1-2-27(28,29)22-12-8-19(9-13-22)18-24(33)32-23-14-10-21(11-15-23)26-25(30-16-17-31-26)20-6-4-3-5-7-20/h3-17H,2,18H2,1H3,(H,32,33). The Hall–Kier alpha value is -3.93. The van der Waals surface area contributed by atoms with Crippen molar-refractivity contribution in [1.82, 2.24) is 9.97 Å². The lowest BCUT2D eigenvalue weighted by Crippen LogP contribution is -2.15. The van der Waals surface area contributed by atoms with Crippen LogP contribution in [0.2, 0.25) is 0 Å². The number of nitrogens with one attached hydrogen (secondary N) is 1. The molecule has 1 amide bonds. The molecule has 1 N–H and O–H groups in total. The van der Waals surface area contributed by atoms with Gasteiger partial charge in [-0.15, -0.1) is 0 Å². The molecule has 4 nitrogen and oxygen atoms in total. The molecule has 0 saturated carbocycles. The molecule has 1 heterocycles. The summed E-state index contributed by atoms with van der Waals surface area (Å²) in [5.41, 5.74) is 4.67. The molecule has 0 aliphatic heterocycles. The molecule has 4 aromatic rings. The van der Waals surface area contributed by atoms with E-state index in [1.807, 2.05) is 54.6 Å². The molecule has 0 unspecified atom stereocenters. The molecule has 6 heteroatoms. The summed E-state index contributed by atoms with van der Waals surface area (Å²) in [6.07, 6.45) is 3.15. The van der Waals surface area contributed by atoms with Crippen LogP contribution in [0.1, 0.15) is 24.5 Å². The van der Waals surface area contributed by atoms with Gasteiger partial charge >= 0.3 is 0 Å². The van der Waals surface area contributed by atoms with E-state index in [4.69, 9.17) is 0 Å². The maximum atomic E-state index is 13.8. The second-order valence-electron chi connectivity index (χ2n) is 7.68. The molecular weight excluding hydrogens is 420 g/mol. The van der Waals surface area contributed by atoms with Crippen molar-refractivity contribution in [2.75, 3.05) is 5.32 Å². The molecule has 0 aliphatic carbocycles. The van der Waals surface area contributed by atoms with Crippen LogP contribution < -0.4 is 5.32 Å². The highest BCUT2D eigenvalue weighted by Gasteiger charge is 2.28. The van der Waals surface area contributed by atoms with Crippen LogP contribution in [0.4, 0.5) is 14.5 Å². The van der Waals surface area contributed by atoms with Crippen molar-refractivity contribution < 1.29 is 13.6 Å². The van der Waals surface area contributed by atoms with Crippen molar-refractivity contribution in [2.24, 2.45) is 0 Å². The van der Waals surface area contributed by atoms with E-state index >= 15 is 0 Å². The Bertz CT molecular complexity index is 1220. The molecule has 4 rings (SSSR count). The predicted molar refractivity (Wildman–Crippen MR) is 126 cm³/mol. The minimum atomic E-state index is -2.86. The minimum absolute atomic E-state index is 0.0383. The van der Waals surface area contributed by atoms with Gasteiger partial charge < -0.3 is 5.32 Å². The van der Waals surface area contributed by atoms with E-state index < -0.39 is 5.92 Å². The number of alkyl halides is 2. The fourth-order valence-corrected chi connectivity index (χ4v) is 3.53. The molecule has 0 fully saturated rings. The quantitative estimate of drug-likeness (QED) is 0.355. The molecule has 0 bridgehead atoms. The van der Waals surface area contributed by atoms with Gasteiger partial charge in [0.25, 0.3) is 5.92 Å². The van der Waals surface area contributed by atoms with Crippen molar-refractivity contribution in [3.05, 3.63) is 102 Å². The lowest BCUT2D eigenvalue weighted by Gasteiger charge is -2.14. The number of carbonyl (C=O) groups excluding carboxylic acids is 1. The van der Waals surface area contributed by atoms with Crippen molar-refractivity contribution in [3.8, 4) is 22.5 Å². The molecule has 0 radical (unpaired) electrons. The topological polar surface area (TPSA) is 54.9 Å². The van der Waals surface area contributed by atoms with Crippen LogP contribution in [0.3, 0.4) is 0 Å². The van der Waals surface area contributed by atoms with E-state index in [0.717, 1.165) is 22.5 Å². The summed E-state index contributed by atoms with van der Waals surface area (Å²) < 4.78 is 27.5. The Morgan fingerprint density at radius 1 is 0.818 bits per heavy atom. The summed E-state index contributed by atoms with van der Waals surface area (Å²) in [4.78, 5) is 21.4. The van der Waals surface area contributed by atoms with Gasteiger partial charge in [-0.2, -0.15) is 0 Å². The maximum Gasteiger partial charge on any atom is 0.273 e. The number of benzene rings is 3. The van der Waals surface area contributed by atoms with Gasteiger partial charge in [0.05, 0.1) is 17.8 Å². The molecule has 33 heavy (non-hydrogen) atoms.